The molecule has 0 spiro atoms. The fraction of sp³-hybridized carbons (Fsp3) is 0. The average molecular weight is 66.1 g/mol. The highest BCUT2D eigenvalue weighted by Gasteiger charge is 1.94. The Labute approximate surface area is 31.2 Å². The van der Waals surface area contributed by atoms with E-state index in [9.17, 15) is 0 Å². The predicted octanol–water partition coefficient (Wildman–Crippen LogP) is 0.720. The minimum Gasteiger partial charge on any atom is -0.328 e. The van der Waals surface area contributed by atoms with Gasteiger partial charge < -0.3 is 4.90 Å². The summed E-state index contributed by atoms with van der Waals surface area (Å²) in [6.45, 7) is 4.97. The highest BCUT2D eigenvalue weighted by molar-refractivity contribution is 5.05. The van der Waals surface area contributed by atoms with Gasteiger partial charge in [-0.3, -0.25) is 0 Å². The van der Waals surface area contributed by atoms with Crippen LogP contribution in [-0.4, -0.2) is 4.90 Å². The molecule has 25 valence electrons. The Morgan fingerprint density at radius 3 is 2.20 bits per heavy atom. The standard InChI is InChI=1S/C4H4N/c1-2-5-3-4-5/h1-4H. The Morgan fingerprint density at radius 2 is 2.20 bits per heavy atom. The SMILES string of the molecule is [CH]=CN1C=C1. The molecule has 0 fully saturated rings. The van der Waals surface area contributed by atoms with Gasteiger partial charge >= 0.3 is 0 Å². The Bertz CT molecular complexity index is 67.7. The molecule has 1 radical (unpaired) electrons. The summed E-state index contributed by atoms with van der Waals surface area (Å²) in [5, 5.41) is 0. The van der Waals surface area contributed by atoms with Crippen molar-refractivity contribution in [3.63, 3.8) is 0 Å². The van der Waals surface area contributed by atoms with Gasteiger partial charge in [-0.2, -0.15) is 0 Å². The lowest BCUT2D eigenvalue weighted by Gasteiger charge is -1.78. The Morgan fingerprint density at radius 1 is 1.60 bits per heavy atom. The summed E-state index contributed by atoms with van der Waals surface area (Å²) in [4.78, 5) is 1.78. The van der Waals surface area contributed by atoms with E-state index in [-0.39, 0.29) is 0 Å². The molecular formula is C4H4N. The Kier molecular flexibility index (Phi) is 0.307. The molecule has 1 aliphatic heterocycles. The van der Waals surface area contributed by atoms with Gasteiger partial charge in [0.15, 0.2) is 0 Å². The van der Waals surface area contributed by atoms with E-state index in [1.165, 1.54) is 6.20 Å². The maximum Gasteiger partial charge on any atom is 0.0249 e. The fourth-order valence-corrected chi connectivity index (χ4v) is 0.138. The molecule has 0 aliphatic carbocycles. The summed E-state index contributed by atoms with van der Waals surface area (Å²) >= 11 is 0. The van der Waals surface area contributed by atoms with Gasteiger partial charge in [-0.05, 0) is 6.58 Å². The first-order valence-electron chi connectivity index (χ1n) is 1.44. The molecular weight excluding hydrogens is 62.1 g/mol. The van der Waals surface area contributed by atoms with Gasteiger partial charge in [-0.25, -0.2) is 0 Å². The van der Waals surface area contributed by atoms with Crippen LogP contribution in [0, 0.1) is 6.58 Å². The molecule has 0 amide bonds. The van der Waals surface area contributed by atoms with Crippen LogP contribution in [0.2, 0.25) is 0 Å². The Hall–Kier alpha value is -0.720. The fourth-order valence-electron chi connectivity index (χ4n) is 0.138. The predicted molar refractivity (Wildman–Crippen MR) is 19.8 cm³/mol. The van der Waals surface area contributed by atoms with E-state index in [0.29, 0.717) is 0 Å². The van der Waals surface area contributed by atoms with Crippen molar-refractivity contribution >= 4 is 0 Å². The summed E-state index contributed by atoms with van der Waals surface area (Å²) in [6, 6.07) is 0. The van der Waals surface area contributed by atoms with Crippen LogP contribution in [0.25, 0.3) is 0 Å². The third kappa shape index (κ3) is 0.293. The van der Waals surface area contributed by atoms with Crippen molar-refractivity contribution in [2.75, 3.05) is 0 Å². The zero-order valence-electron chi connectivity index (χ0n) is 2.76. The van der Waals surface area contributed by atoms with Crippen molar-refractivity contribution in [3.05, 3.63) is 25.2 Å². The lowest BCUT2D eigenvalue weighted by molar-refractivity contribution is 0.842. The number of hydrogen-bond acceptors (Lipinski definition) is 1. The molecule has 0 saturated heterocycles. The molecule has 1 heteroatoms. The first-order valence-corrected chi connectivity index (χ1v) is 1.44. The lowest BCUT2D eigenvalue weighted by atomic mass is 11.0. The van der Waals surface area contributed by atoms with Gasteiger partial charge in [0.05, 0.1) is 0 Å². The van der Waals surface area contributed by atoms with Gasteiger partial charge in [0, 0.05) is 18.6 Å². The van der Waals surface area contributed by atoms with Crippen LogP contribution in [-0.2, 0) is 0 Å². The van der Waals surface area contributed by atoms with Crippen LogP contribution in [0.5, 0.6) is 0 Å². The third-order valence-corrected chi connectivity index (χ3v) is 0.493. The molecule has 0 N–H and O–H groups in total. The van der Waals surface area contributed by atoms with Crippen LogP contribution in [0.3, 0.4) is 0 Å². The summed E-state index contributed by atoms with van der Waals surface area (Å²) in [5.74, 6) is 0. The topological polar surface area (TPSA) is 3.01 Å². The maximum absolute atomic E-state index is 4.97. The summed E-state index contributed by atoms with van der Waals surface area (Å²) < 4.78 is 0. The van der Waals surface area contributed by atoms with Crippen molar-refractivity contribution < 1.29 is 0 Å². The molecule has 0 saturated carbocycles. The first-order chi connectivity index (χ1) is 2.43. The quantitative estimate of drug-likeness (QED) is 0.436. The molecule has 1 nitrogen and oxygen atoms in total. The molecule has 0 unspecified atom stereocenters. The zero-order chi connectivity index (χ0) is 3.70. The molecule has 1 rings (SSSR count). The molecule has 0 atom stereocenters. The van der Waals surface area contributed by atoms with E-state index in [0.717, 1.165) is 0 Å². The largest absolute Gasteiger partial charge is 0.328 e. The second kappa shape index (κ2) is 0.612. The van der Waals surface area contributed by atoms with E-state index in [2.05, 4.69) is 0 Å². The lowest BCUT2D eigenvalue weighted by Crippen LogP contribution is -1.72. The molecule has 0 bridgehead atoms. The van der Waals surface area contributed by atoms with Crippen LogP contribution in [0.4, 0.5) is 0 Å². The van der Waals surface area contributed by atoms with Gasteiger partial charge in [0.2, 0.25) is 0 Å². The van der Waals surface area contributed by atoms with Gasteiger partial charge in [0.1, 0.15) is 0 Å². The second-order valence-electron chi connectivity index (χ2n) is 0.894. The molecule has 1 aliphatic rings. The van der Waals surface area contributed by atoms with Gasteiger partial charge in [-0.1, -0.05) is 0 Å². The summed E-state index contributed by atoms with van der Waals surface area (Å²) in [7, 11) is 0. The van der Waals surface area contributed by atoms with E-state index in [1.54, 1.807) is 4.90 Å². The van der Waals surface area contributed by atoms with Gasteiger partial charge in [0.25, 0.3) is 0 Å². The van der Waals surface area contributed by atoms with Crippen LogP contribution >= 0.6 is 0 Å². The highest BCUT2D eigenvalue weighted by atomic mass is 15.2. The summed E-state index contributed by atoms with van der Waals surface area (Å²) in [6.07, 6.45) is 5.25. The average Bonchev–Trinajstić information content (AvgIpc) is 2.12. The van der Waals surface area contributed by atoms with Crippen LogP contribution in [0.15, 0.2) is 18.6 Å². The third-order valence-electron chi connectivity index (χ3n) is 0.493. The molecule has 0 aromatic heterocycles. The summed E-state index contributed by atoms with van der Waals surface area (Å²) in [5.41, 5.74) is 0. The Balaban J connectivity index is 2.28. The van der Waals surface area contributed by atoms with Crippen LogP contribution < -0.4 is 0 Å². The van der Waals surface area contributed by atoms with Crippen molar-refractivity contribution in [1.82, 2.24) is 4.90 Å². The monoisotopic (exact) mass is 66.0 g/mol. The smallest absolute Gasteiger partial charge is 0.0249 e. The van der Waals surface area contributed by atoms with E-state index >= 15 is 0 Å². The zero-order valence-corrected chi connectivity index (χ0v) is 2.76. The normalized spacial score (nSPS) is 15.6. The molecule has 5 heavy (non-hydrogen) atoms. The second-order valence-corrected chi connectivity index (χ2v) is 0.894. The molecule has 1 heterocycles. The first kappa shape index (κ1) is 2.51. The van der Waals surface area contributed by atoms with Crippen molar-refractivity contribution in [3.8, 4) is 0 Å². The van der Waals surface area contributed by atoms with E-state index in [1.807, 2.05) is 12.4 Å². The number of rotatable bonds is 1. The van der Waals surface area contributed by atoms with Crippen molar-refractivity contribution in [2.45, 2.75) is 0 Å². The number of nitrogens with zero attached hydrogens (tertiary/aromatic N) is 1. The molecule has 0 aromatic carbocycles. The maximum atomic E-state index is 4.97. The van der Waals surface area contributed by atoms with Crippen molar-refractivity contribution in [2.24, 2.45) is 0 Å². The van der Waals surface area contributed by atoms with Gasteiger partial charge in [-0.15, -0.1) is 0 Å². The minimum atomic E-state index is 1.50. The van der Waals surface area contributed by atoms with Crippen molar-refractivity contribution in [1.29, 1.82) is 0 Å². The van der Waals surface area contributed by atoms with Crippen LogP contribution in [0.1, 0.15) is 0 Å². The van der Waals surface area contributed by atoms with E-state index < -0.39 is 0 Å². The number of hydrogen-bond donors (Lipinski definition) is 0. The highest BCUT2D eigenvalue weighted by Crippen LogP contribution is 2.02. The minimum absolute atomic E-state index is 1.50. The van der Waals surface area contributed by atoms with E-state index in [4.69, 9.17) is 6.58 Å². The molecule has 0 aromatic rings.